The standard InChI is InChI=1S/C20H28N4O2/c1-13(2)8-9-18-21-16-12-24(11-10-17(16)26-18)20(25)19-14-6-4-5-7-15(14)22-23(19)3/h13H,4-12H2,1-3H3. The van der Waals surface area contributed by atoms with Gasteiger partial charge in [-0.1, -0.05) is 13.8 Å². The summed E-state index contributed by atoms with van der Waals surface area (Å²) in [6, 6.07) is 0. The number of carbonyl (C=O) groups is 1. The van der Waals surface area contributed by atoms with Crippen molar-refractivity contribution in [3.63, 3.8) is 0 Å². The summed E-state index contributed by atoms with van der Waals surface area (Å²) in [4.78, 5) is 19.8. The van der Waals surface area contributed by atoms with Gasteiger partial charge < -0.3 is 9.32 Å². The molecule has 0 aromatic carbocycles. The molecule has 6 heteroatoms. The van der Waals surface area contributed by atoms with E-state index in [9.17, 15) is 4.79 Å². The van der Waals surface area contributed by atoms with Gasteiger partial charge in [-0.2, -0.15) is 5.10 Å². The Morgan fingerprint density at radius 3 is 2.81 bits per heavy atom. The van der Waals surface area contributed by atoms with E-state index in [0.29, 0.717) is 19.0 Å². The first-order valence-corrected chi connectivity index (χ1v) is 9.84. The highest BCUT2D eigenvalue weighted by Gasteiger charge is 2.31. The van der Waals surface area contributed by atoms with E-state index < -0.39 is 0 Å². The second-order valence-electron chi connectivity index (χ2n) is 7.99. The van der Waals surface area contributed by atoms with Gasteiger partial charge >= 0.3 is 0 Å². The van der Waals surface area contributed by atoms with Crippen LogP contribution in [0.25, 0.3) is 0 Å². The average Bonchev–Trinajstić information content (AvgIpc) is 3.18. The van der Waals surface area contributed by atoms with Crippen molar-refractivity contribution in [2.24, 2.45) is 13.0 Å². The van der Waals surface area contributed by atoms with E-state index in [1.807, 2.05) is 11.9 Å². The maximum Gasteiger partial charge on any atom is 0.272 e. The molecular weight excluding hydrogens is 328 g/mol. The van der Waals surface area contributed by atoms with Gasteiger partial charge in [0.05, 0.1) is 12.2 Å². The van der Waals surface area contributed by atoms with Crippen molar-refractivity contribution in [2.45, 2.75) is 65.3 Å². The van der Waals surface area contributed by atoms with Crippen LogP contribution in [0.1, 0.15) is 72.2 Å². The van der Waals surface area contributed by atoms with Gasteiger partial charge in [0.1, 0.15) is 17.1 Å². The fourth-order valence-electron chi connectivity index (χ4n) is 4.04. The molecule has 0 saturated heterocycles. The molecular formula is C20H28N4O2. The third-order valence-corrected chi connectivity index (χ3v) is 5.52. The summed E-state index contributed by atoms with van der Waals surface area (Å²) in [5, 5.41) is 4.59. The van der Waals surface area contributed by atoms with Crippen LogP contribution < -0.4 is 0 Å². The lowest BCUT2D eigenvalue weighted by Gasteiger charge is -2.26. The quantitative estimate of drug-likeness (QED) is 0.844. The van der Waals surface area contributed by atoms with Crippen molar-refractivity contribution in [1.29, 1.82) is 0 Å². The molecule has 26 heavy (non-hydrogen) atoms. The average molecular weight is 356 g/mol. The van der Waals surface area contributed by atoms with E-state index in [4.69, 9.17) is 4.42 Å². The zero-order valence-electron chi connectivity index (χ0n) is 16.0. The van der Waals surface area contributed by atoms with Gasteiger partial charge in [-0.15, -0.1) is 0 Å². The minimum Gasteiger partial charge on any atom is -0.445 e. The highest BCUT2D eigenvalue weighted by molar-refractivity contribution is 5.94. The number of fused-ring (bicyclic) bond motifs is 2. The molecule has 0 N–H and O–H groups in total. The molecule has 2 aliphatic rings. The maximum absolute atomic E-state index is 13.2. The minimum absolute atomic E-state index is 0.0838. The summed E-state index contributed by atoms with van der Waals surface area (Å²) in [7, 11) is 1.89. The van der Waals surface area contributed by atoms with E-state index in [-0.39, 0.29) is 5.91 Å². The Hall–Kier alpha value is -2.11. The van der Waals surface area contributed by atoms with Crippen molar-refractivity contribution in [2.75, 3.05) is 6.54 Å². The molecule has 2 aromatic heterocycles. The minimum atomic E-state index is 0.0838. The molecule has 2 aromatic rings. The molecule has 1 aliphatic carbocycles. The Morgan fingerprint density at radius 1 is 1.19 bits per heavy atom. The maximum atomic E-state index is 13.2. The lowest BCUT2D eigenvalue weighted by molar-refractivity contribution is 0.0715. The van der Waals surface area contributed by atoms with Crippen molar-refractivity contribution in [3.05, 3.63) is 34.3 Å². The molecule has 3 heterocycles. The summed E-state index contributed by atoms with van der Waals surface area (Å²) >= 11 is 0. The van der Waals surface area contributed by atoms with Crippen LogP contribution in [-0.2, 0) is 39.3 Å². The lowest BCUT2D eigenvalue weighted by Crippen LogP contribution is -2.37. The molecule has 4 rings (SSSR count). The van der Waals surface area contributed by atoms with Gasteiger partial charge in [-0.3, -0.25) is 9.48 Å². The van der Waals surface area contributed by atoms with Crippen molar-refractivity contribution >= 4 is 5.91 Å². The van der Waals surface area contributed by atoms with Crippen LogP contribution in [-0.4, -0.2) is 32.1 Å². The van der Waals surface area contributed by atoms with E-state index in [2.05, 4.69) is 23.9 Å². The van der Waals surface area contributed by atoms with Crippen LogP contribution in [0, 0.1) is 5.92 Å². The Morgan fingerprint density at radius 2 is 2.00 bits per heavy atom. The molecule has 0 atom stereocenters. The molecule has 0 radical (unpaired) electrons. The number of hydrogen-bond donors (Lipinski definition) is 0. The van der Waals surface area contributed by atoms with Gasteiger partial charge in [0.2, 0.25) is 0 Å². The summed E-state index contributed by atoms with van der Waals surface area (Å²) in [5.74, 6) is 2.49. The fourth-order valence-corrected chi connectivity index (χ4v) is 4.04. The Bertz CT molecular complexity index is 818. The van der Waals surface area contributed by atoms with Crippen LogP contribution in [0.3, 0.4) is 0 Å². The second kappa shape index (κ2) is 6.89. The van der Waals surface area contributed by atoms with Crippen molar-refractivity contribution in [3.8, 4) is 0 Å². The first-order valence-electron chi connectivity index (χ1n) is 9.84. The Kier molecular flexibility index (Phi) is 4.59. The zero-order chi connectivity index (χ0) is 18.3. The number of nitrogens with zero attached hydrogens (tertiary/aromatic N) is 4. The van der Waals surface area contributed by atoms with Crippen molar-refractivity contribution < 1.29 is 9.21 Å². The van der Waals surface area contributed by atoms with Crippen LogP contribution >= 0.6 is 0 Å². The monoisotopic (exact) mass is 356 g/mol. The fraction of sp³-hybridized carbons (Fsp3) is 0.650. The predicted molar refractivity (Wildman–Crippen MR) is 98.0 cm³/mol. The number of carbonyl (C=O) groups excluding carboxylic acids is 1. The number of hydrogen-bond acceptors (Lipinski definition) is 4. The molecule has 0 spiro atoms. The highest BCUT2D eigenvalue weighted by atomic mass is 16.4. The van der Waals surface area contributed by atoms with Crippen LogP contribution in [0.5, 0.6) is 0 Å². The first-order chi connectivity index (χ1) is 12.5. The number of aryl methyl sites for hydroxylation is 3. The number of oxazole rings is 1. The van der Waals surface area contributed by atoms with Crippen LogP contribution in [0.2, 0.25) is 0 Å². The topological polar surface area (TPSA) is 64.2 Å². The lowest BCUT2D eigenvalue weighted by atomic mass is 9.95. The van der Waals surface area contributed by atoms with Gasteiger partial charge in [0, 0.05) is 32.0 Å². The van der Waals surface area contributed by atoms with E-state index >= 15 is 0 Å². The summed E-state index contributed by atoms with van der Waals surface area (Å²) < 4.78 is 7.71. The van der Waals surface area contributed by atoms with Crippen molar-refractivity contribution in [1.82, 2.24) is 19.7 Å². The Balaban J connectivity index is 1.52. The second-order valence-corrected chi connectivity index (χ2v) is 7.99. The van der Waals surface area contributed by atoms with Crippen LogP contribution in [0.4, 0.5) is 0 Å². The predicted octanol–water partition coefficient (Wildman–Crippen LogP) is 3.07. The molecule has 0 saturated carbocycles. The molecule has 0 unspecified atom stereocenters. The number of amides is 1. The summed E-state index contributed by atoms with van der Waals surface area (Å²) in [6.07, 6.45) is 6.96. The number of aromatic nitrogens is 3. The third kappa shape index (κ3) is 3.17. The summed E-state index contributed by atoms with van der Waals surface area (Å²) in [6.45, 7) is 5.64. The van der Waals surface area contributed by atoms with E-state index in [1.165, 1.54) is 6.42 Å². The number of rotatable bonds is 4. The van der Waals surface area contributed by atoms with Gasteiger partial charge in [-0.05, 0) is 38.0 Å². The third-order valence-electron chi connectivity index (χ3n) is 5.52. The van der Waals surface area contributed by atoms with Crippen LogP contribution in [0.15, 0.2) is 4.42 Å². The first kappa shape index (κ1) is 17.3. The van der Waals surface area contributed by atoms with Gasteiger partial charge in [0.25, 0.3) is 5.91 Å². The highest BCUT2D eigenvalue weighted by Crippen LogP contribution is 2.27. The van der Waals surface area contributed by atoms with Gasteiger partial charge in [0.15, 0.2) is 5.89 Å². The largest absolute Gasteiger partial charge is 0.445 e. The molecule has 0 fully saturated rings. The summed E-state index contributed by atoms with van der Waals surface area (Å²) in [5.41, 5.74) is 3.97. The molecule has 140 valence electrons. The van der Waals surface area contributed by atoms with E-state index in [0.717, 1.165) is 72.8 Å². The zero-order valence-corrected chi connectivity index (χ0v) is 16.0. The molecule has 6 nitrogen and oxygen atoms in total. The SMILES string of the molecule is CC(C)CCc1nc2c(o1)CCN(C(=O)c1c3c(nn1C)CCCC3)C2. The van der Waals surface area contributed by atoms with Gasteiger partial charge in [-0.25, -0.2) is 4.98 Å². The normalized spacial score (nSPS) is 16.7. The molecule has 1 aliphatic heterocycles. The molecule has 1 amide bonds. The van der Waals surface area contributed by atoms with E-state index in [1.54, 1.807) is 4.68 Å². The molecule has 0 bridgehead atoms. The smallest absolute Gasteiger partial charge is 0.272 e. The Labute approximate surface area is 154 Å².